The highest BCUT2D eigenvalue weighted by atomic mass is 16.5. The Morgan fingerprint density at radius 1 is 1.04 bits per heavy atom. The zero-order valence-corrected chi connectivity index (χ0v) is 12.2. The van der Waals surface area contributed by atoms with Crippen LogP contribution in [0.5, 0.6) is 0 Å². The number of hydrogen-bond donors (Lipinski definition) is 2. The molecule has 2 aromatic carbocycles. The van der Waals surface area contributed by atoms with Crippen LogP contribution in [0.3, 0.4) is 0 Å². The molecule has 0 heterocycles. The first-order chi connectivity index (χ1) is 11.1. The van der Waals surface area contributed by atoms with E-state index in [1.807, 2.05) is 48.5 Å². The van der Waals surface area contributed by atoms with Gasteiger partial charge in [0.2, 0.25) is 0 Å². The number of aliphatic carboxylic acids is 1. The van der Waals surface area contributed by atoms with Crippen LogP contribution in [0.2, 0.25) is 0 Å². The molecule has 5 heteroatoms. The molecule has 3 N–H and O–H groups in total. The first-order valence-corrected chi connectivity index (χ1v) is 7.13. The molecule has 2 aromatic rings. The van der Waals surface area contributed by atoms with Crippen molar-refractivity contribution in [3.8, 4) is 11.1 Å². The van der Waals surface area contributed by atoms with Crippen molar-refractivity contribution in [3.63, 3.8) is 0 Å². The molecule has 0 saturated carbocycles. The van der Waals surface area contributed by atoms with Gasteiger partial charge in [-0.3, -0.25) is 0 Å². The minimum Gasteiger partial charge on any atom is -0.477 e. The maximum absolute atomic E-state index is 11.7. The third-order valence-electron chi connectivity index (χ3n) is 3.88. The van der Waals surface area contributed by atoms with E-state index in [-0.39, 0.29) is 12.5 Å². The smallest absolute Gasteiger partial charge is 0.352 e. The van der Waals surface area contributed by atoms with Crippen LogP contribution in [0.25, 0.3) is 11.1 Å². The van der Waals surface area contributed by atoms with Crippen molar-refractivity contribution in [1.82, 2.24) is 0 Å². The van der Waals surface area contributed by atoms with E-state index in [0.29, 0.717) is 0 Å². The molecule has 0 saturated heterocycles. The lowest BCUT2D eigenvalue weighted by Gasteiger charge is -2.13. The van der Waals surface area contributed by atoms with Gasteiger partial charge in [-0.2, -0.15) is 0 Å². The minimum atomic E-state index is -1.35. The molecule has 1 aliphatic rings. The SMILES string of the molecule is NC(=CC(=O)OCC1c2ccccc2-c2ccccc21)C(=O)O. The quantitative estimate of drug-likeness (QED) is 0.668. The van der Waals surface area contributed by atoms with Crippen molar-refractivity contribution in [2.45, 2.75) is 5.92 Å². The molecule has 0 unspecified atom stereocenters. The van der Waals surface area contributed by atoms with Crippen molar-refractivity contribution in [3.05, 3.63) is 71.4 Å². The molecule has 23 heavy (non-hydrogen) atoms. The van der Waals surface area contributed by atoms with Gasteiger partial charge in [-0.05, 0) is 22.3 Å². The van der Waals surface area contributed by atoms with Crippen molar-refractivity contribution in [2.24, 2.45) is 5.73 Å². The zero-order chi connectivity index (χ0) is 16.4. The van der Waals surface area contributed by atoms with Gasteiger partial charge in [0.15, 0.2) is 0 Å². The van der Waals surface area contributed by atoms with Crippen molar-refractivity contribution < 1.29 is 19.4 Å². The molecule has 116 valence electrons. The topological polar surface area (TPSA) is 89.6 Å². The minimum absolute atomic E-state index is 0.0641. The summed E-state index contributed by atoms with van der Waals surface area (Å²) in [5, 5.41) is 8.67. The largest absolute Gasteiger partial charge is 0.477 e. The van der Waals surface area contributed by atoms with E-state index >= 15 is 0 Å². The van der Waals surface area contributed by atoms with Gasteiger partial charge in [0, 0.05) is 5.92 Å². The van der Waals surface area contributed by atoms with Gasteiger partial charge in [-0.1, -0.05) is 48.5 Å². The van der Waals surface area contributed by atoms with Gasteiger partial charge in [0.1, 0.15) is 12.3 Å². The second-order valence-electron chi connectivity index (χ2n) is 5.26. The fraction of sp³-hybridized carbons (Fsp3) is 0.111. The predicted molar refractivity (Wildman–Crippen MR) is 84.6 cm³/mol. The normalized spacial score (nSPS) is 13.3. The maximum atomic E-state index is 11.7. The Labute approximate surface area is 133 Å². The summed E-state index contributed by atoms with van der Waals surface area (Å²) >= 11 is 0. The maximum Gasteiger partial charge on any atom is 0.352 e. The van der Waals surface area contributed by atoms with Gasteiger partial charge >= 0.3 is 11.9 Å². The highest BCUT2D eigenvalue weighted by Gasteiger charge is 2.28. The molecular weight excluding hydrogens is 294 g/mol. The van der Waals surface area contributed by atoms with Gasteiger partial charge in [0.05, 0.1) is 6.08 Å². The first kappa shape index (κ1) is 14.8. The highest BCUT2D eigenvalue weighted by molar-refractivity contribution is 5.94. The zero-order valence-electron chi connectivity index (χ0n) is 12.2. The van der Waals surface area contributed by atoms with E-state index < -0.39 is 17.6 Å². The van der Waals surface area contributed by atoms with E-state index in [1.54, 1.807) is 0 Å². The van der Waals surface area contributed by atoms with Crippen LogP contribution in [0.4, 0.5) is 0 Å². The van der Waals surface area contributed by atoms with Gasteiger partial charge in [-0.15, -0.1) is 0 Å². The second kappa shape index (κ2) is 5.96. The second-order valence-corrected chi connectivity index (χ2v) is 5.26. The van der Waals surface area contributed by atoms with Crippen LogP contribution < -0.4 is 5.73 Å². The molecule has 0 aromatic heterocycles. The lowest BCUT2D eigenvalue weighted by Crippen LogP contribution is -2.15. The lowest BCUT2D eigenvalue weighted by atomic mass is 9.98. The van der Waals surface area contributed by atoms with Crippen LogP contribution >= 0.6 is 0 Å². The Morgan fingerprint density at radius 3 is 2.09 bits per heavy atom. The average Bonchev–Trinajstić information content (AvgIpc) is 2.87. The predicted octanol–water partition coefficient (Wildman–Crippen LogP) is 2.27. The number of hydrogen-bond acceptors (Lipinski definition) is 4. The van der Waals surface area contributed by atoms with Crippen LogP contribution in [0.15, 0.2) is 60.3 Å². The Hall–Kier alpha value is -3.08. The lowest BCUT2D eigenvalue weighted by molar-refractivity contribution is -0.139. The molecule has 1 aliphatic carbocycles. The van der Waals surface area contributed by atoms with E-state index in [0.717, 1.165) is 28.3 Å². The van der Waals surface area contributed by atoms with E-state index in [9.17, 15) is 9.59 Å². The number of nitrogens with two attached hydrogens (primary N) is 1. The highest BCUT2D eigenvalue weighted by Crippen LogP contribution is 2.44. The fourth-order valence-electron chi connectivity index (χ4n) is 2.84. The fourth-order valence-corrected chi connectivity index (χ4v) is 2.84. The number of carboxylic acid groups (broad SMARTS) is 1. The van der Waals surface area contributed by atoms with Gasteiger partial charge in [0.25, 0.3) is 0 Å². The molecule has 0 spiro atoms. The van der Waals surface area contributed by atoms with Crippen molar-refractivity contribution >= 4 is 11.9 Å². The van der Waals surface area contributed by atoms with Gasteiger partial charge in [-0.25, -0.2) is 9.59 Å². The first-order valence-electron chi connectivity index (χ1n) is 7.13. The van der Waals surface area contributed by atoms with Crippen LogP contribution in [0, 0.1) is 0 Å². The summed E-state index contributed by atoms with van der Waals surface area (Å²) in [4.78, 5) is 22.3. The molecule has 0 atom stereocenters. The number of carbonyl (C=O) groups excluding carboxylic acids is 1. The summed E-state index contributed by atoms with van der Waals surface area (Å²) < 4.78 is 5.20. The monoisotopic (exact) mass is 309 g/mol. The summed E-state index contributed by atoms with van der Waals surface area (Å²) in [6.07, 6.45) is 0.787. The number of carboxylic acids is 1. The van der Waals surface area contributed by atoms with Crippen LogP contribution in [0.1, 0.15) is 17.0 Å². The van der Waals surface area contributed by atoms with E-state index in [2.05, 4.69) is 0 Å². The summed E-state index contributed by atoms with van der Waals surface area (Å²) in [6, 6.07) is 15.9. The average molecular weight is 309 g/mol. The number of esters is 1. The van der Waals surface area contributed by atoms with Crippen molar-refractivity contribution in [1.29, 1.82) is 0 Å². The Bertz CT molecular complexity index is 765. The standard InChI is InChI=1S/C18H15NO4/c19-16(18(21)22)9-17(20)23-10-15-13-7-3-1-5-11(13)12-6-2-4-8-14(12)15/h1-9,15H,10,19H2,(H,21,22). The van der Waals surface area contributed by atoms with E-state index in [4.69, 9.17) is 15.6 Å². The molecular formula is C18H15NO4. The number of carbonyl (C=O) groups is 2. The third kappa shape index (κ3) is 2.81. The Morgan fingerprint density at radius 2 is 1.57 bits per heavy atom. The Kier molecular flexibility index (Phi) is 3.85. The number of benzene rings is 2. The summed E-state index contributed by atoms with van der Waals surface area (Å²) in [6.45, 7) is 0.135. The number of rotatable bonds is 4. The van der Waals surface area contributed by atoms with Crippen LogP contribution in [-0.4, -0.2) is 23.7 Å². The molecule has 0 fully saturated rings. The number of ether oxygens (including phenoxy) is 1. The molecule has 0 bridgehead atoms. The summed E-state index contributed by atoms with van der Waals surface area (Å²) in [7, 11) is 0. The molecule has 3 rings (SSSR count). The van der Waals surface area contributed by atoms with Crippen LogP contribution in [-0.2, 0) is 14.3 Å². The van der Waals surface area contributed by atoms with Gasteiger partial charge < -0.3 is 15.6 Å². The molecule has 0 amide bonds. The third-order valence-corrected chi connectivity index (χ3v) is 3.88. The molecule has 0 radical (unpaired) electrons. The molecule has 5 nitrogen and oxygen atoms in total. The molecule has 0 aliphatic heterocycles. The number of fused-ring (bicyclic) bond motifs is 3. The summed E-state index contributed by atoms with van der Waals surface area (Å²) in [5.41, 5.74) is 9.12. The Balaban J connectivity index is 1.82. The van der Waals surface area contributed by atoms with Crippen molar-refractivity contribution in [2.75, 3.05) is 6.61 Å². The van der Waals surface area contributed by atoms with E-state index in [1.165, 1.54) is 0 Å². The summed E-state index contributed by atoms with van der Waals surface area (Å²) in [5.74, 6) is -2.17.